The molecule has 21 heavy (non-hydrogen) atoms. The number of rotatable bonds is 2. The van der Waals surface area contributed by atoms with Crippen molar-refractivity contribution in [3.63, 3.8) is 0 Å². The van der Waals surface area contributed by atoms with E-state index in [1.165, 1.54) is 6.07 Å². The molecular weight excluding hydrogens is 267 g/mol. The summed E-state index contributed by atoms with van der Waals surface area (Å²) in [6.07, 6.45) is 1.80. The first-order valence-electron chi connectivity index (χ1n) is 7.11. The van der Waals surface area contributed by atoms with E-state index in [4.69, 9.17) is 5.73 Å². The van der Waals surface area contributed by atoms with Crippen molar-refractivity contribution >= 4 is 17.2 Å². The molecule has 0 atom stereocenters. The molecule has 4 nitrogen and oxygen atoms in total. The maximum Gasteiger partial charge on any atom is 0.146 e. The highest BCUT2D eigenvalue weighted by Crippen LogP contribution is 2.23. The molecule has 0 amide bonds. The normalized spacial score (nSPS) is 15.3. The van der Waals surface area contributed by atoms with Crippen LogP contribution in [0.1, 0.15) is 5.56 Å². The molecule has 2 aromatic rings. The van der Waals surface area contributed by atoms with E-state index in [1.807, 2.05) is 25.1 Å². The van der Waals surface area contributed by atoms with Crippen LogP contribution in [0.2, 0.25) is 0 Å². The lowest BCUT2D eigenvalue weighted by Gasteiger charge is -2.36. The number of benzene rings is 1. The zero-order valence-corrected chi connectivity index (χ0v) is 12.1. The largest absolute Gasteiger partial charge is 0.398 e. The van der Waals surface area contributed by atoms with E-state index in [0.717, 1.165) is 43.2 Å². The average Bonchev–Trinajstić information content (AvgIpc) is 2.51. The summed E-state index contributed by atoms with van der Waals surface area (Å²) in [5, 5.41) is 0. The van der Waals surface area contributed by atoms with Crippen molar-refractivity contribution in [1.82, 2.24) is 4.98 Å². The molecule has 1 aromatic carbocycles. The zero-order chi connectivity index (χ0) is 14.8. The number of hydrogen-bond donors (Lipinski definition) is 1. The summed E-state index contributed by atoms with van der Waals surface area (Å²) in [6.45, 7) is 5.11. The lowest BCUT2D eigenvalue weighted by atomic mass is 10.2. The zero-order valence-electron chi connectivity index (χ0n) is 12.1. The van der Waals surface area contributed by atoms with Gasteiger partial charge in [-0.2, -0.15) is 0 Å². The van der Waals surface area contributed by atoms with E-state index < -0.39 is 0 Å². The Morgan fingerprint density at radius 2 is 1.76 bits per heavy atom. The van der Waals surface area contributed by atoms with Crippen molar-refractivity contribution < 1.29 is 4.39 Å². The Morgan fingerprint density at radius 3 is 2.43 bits per heavy atom. The van der Waals surface area contributed by atoms with Gasteiger partial charge in [0.2, 0.25) is 0 Å². The van der Waals surface area contributed by atoms with Crippen molar-refractivity contribution in [3.8, 4) is 0 Å². The third kappa shape index (κ3) is 2.77. The number of aromatic nitrogens is 1. The van der Waals surface area contributed by atoms with Gasteiger partial charge in [0.05, 0.1) is 5.69 Å². The Hall–Kier alpha value is -2.30. The third-order valence-electron chi connectivity index (χ3n) is 3.93. The summed E-state index contributed by atoms with van der Waals surface area (Å²) in [4.78, 5) is 8.69. The molecule has 1 fully saturated rings. The van der Waals surface area contributed by atoms with Crippen molar-refractivity contribution in [2.45, 2.75) is 6.92 Å². The van der Waals surface area contributed by atoms with Gasteiger partial charge >= 0.3 is 0 Å². The number of anilines is 3. The fourth-order valence-corrected chi connectivity index (χ4v) is 2.59. The van der Waals surface area contributed by atoms with Crippen molar-refractivity contribution in [2.75, 3.05) is 41.7 Å². The molecule has 0 radical (unpaired) electrons. The maximum absolute atomic E-state index is 13.8. The molecule has 0 unspecified atom stereocenters. The highest BCUT2D eigenvalue weighted by molar-refractivity contribution is 5.56. The molecular formula is C16H19FN4. The molecule has 0 aliphatic carbocycles. The summed E-state index contributed by atoms with van der Waals surface area (Å²) in [6, 6.07) is 8.83. The van der Waals surface area contributed by atoms with Gasteiger partial charge in [0, 0.05) is 44.1 Å². The molecule has 0 spiro atoms. The van der Waals surface area contributed by atoms with E-state index in [-0.39, 0.29) is 5.82 Å². The van der Waals surface area contributed by atoms with E-state index >= 15 is 0 Å². The van der Waals surface area contributed by atoms with Crippen LogP contribution in [0.25, 0.3) is 0 Å². The smallest absolute Gasteiger partial charge is 0.146 e. The monoisotopic (exact) mass is 286 g/mol. The minimum atomic E-state index is -0.163. The fourth-order valence-electron chi connectivity index (χ4n) is 2.59. The van der Waals surface area contributed by atoms with Crippen LogP contribution in [0, 0.1) is 12.7 Å². The fraction of sp³-hybridized carbons (Fsp3) is 0.312. The summed E-state index contributed by atoms with van der Waals surface area (Å²) < 4.78 is 13.8. The van der Waals surface area contributed by atoms with Crippen LogP contribution in [-0.2, 0) is 0 Å². The molecule has 2 N–H and O–H groups in total. The van der Waals surface area contributed by atoms with Crippen LogP contribution in [-0.4, -0.2) is 31.2 Å². The Morgan fingerprint density at radius 1 is 1.10 bits per heavy atom. The highest BCUT2D eigenvalue weighted by atomic mass is 19.1. The van der Waals surface area contributed by atoms with Gasteiger partial charge in [-0.15, -0.1) is 0 Å². The molecule has 1 saturated heterocycles. The summed E-state index contributed by atoms with van der Waals surface area (Å²) in [5.41, 5.74) is 8.36. The number of nitrogens with two attached hydrogens (primary N) is 1. The number of para-hydroxylation sites is 1. The molecule has 1 aromatic heterocycles. The molecule has 0 bridgehead atoms. The predicted molar refractivity (Wildman–Crippen MR) is 84.2 cm³/mol. The Bertz CT molecular complexity index is 636. The van der Waals surface area contributed by atoms with Crippen molar-refractivity contribution in [3.05, 3.63) is 47.9 Å². The van der Waals surface area contributed by atoms with Gasteiger partial charge < -0.3 is 15.5 Å². The minimum Gasteiger partial charge on any atom is -0.398 e. The van der Waals surface area contributed by atoms with Gasteiger partial charge in [0.1, 0.15) is 11.6 Å². The number of nitrogens with zero attached hydrogens (tertiary/aromatic N) is 3. The van der Waals surface area contributed by atoms with E-state index in [2.05, 4.69) is 14.8 Å². The lowest BCUT2D eigenvalue weighted by molar-refractivity contribution is 0.596. The average molecular weight is 286 g/mol. The Balaban J connectivity index is 1.70. The van der Waals surface area contributed by atoms with E-state index in [1.54, 1.807) is 12.3 Å². The summed E-state index contributed by atoms with van der Waals surface area (Å²) in [5.74, 6) is 0.731. The number of hydrogen-bond acceptors (Lipinski definition) is 4. The highest BCUT2D eigenvalue weighted by Gasteiger charge is 2.20. The number of piperazine rings is 1. The lowest BCUT2D eigenvalue weighted by Crippen LogP contribution is -2.47. The van der Waals surface area contributed by atoms with Crippen LogP contribution < -0.4 is 15.5 Å². The first-order chi connectivity index (χ1) is 10.1. The minimum absolute atomic E-state index is 0.163. The Labute approximate surface area is 124 Å². The molecule has 2 heterocycles. The van der Waals surface area contributed by atoms with Crippen LogP contribution in [0.5, 0.6) is 0 Å². The van der Waals surface area contributed by atoms with Gasteiger partial charge in [-0.05, 0) is 24.6 Å². The van der Waals surface area contributed by atoms with Gasteiger partial charge in [-0.25, -0.2) is 9.37 Å². The topological polar surface area (TPSA) is 45.4 Å². The number of aryl methyl sites for hydroxylation is 1. The molecule has 5 heteroatoms. The van der Waals surface area contributed by atoms with E-state index in [9.17, 15) is 4.39 Å². The van der Waals surface area contributed by atoms with Crippen LogP contribution >= 0.6 is 0 Å². The van der Waals surface area contributed by atoms with Crippen LogP contribution in [0.4, 0.5) is 21.6 Å². The van der Waals surface area contributed by atoms with Gasteiger partial charge in [-0.3, -0.25) is 0 Å². The predicted octanol–water partition coefficient (Wildman–Crippen LogP) is 2.44. The Kier molecular flexibility index (Phi) is 3.64. The second-order valence-electron chi connectivity index (χ2n) is 5.32. The standard InChI is InChI=1S/C16H19FN4/c1-12-11-19-16(10-14(12)18)21-8-6-20(7-9-21)15-5-3-2-4-13(15)17/h2-5,10-11H,6-9H2,1H3,(H2,18,19). The molecule has 1 aliphatic rings. The van der Waals surface area contributed by atoms with Crippen molar-refractivity contribution in [1.29, 1.82) is 0 Å². The molecule has 1 aliphatic heterocycles. The number of pyridine rings is 1. The van der Waals surface area contributed by atoms with Gasteiger partial charge in [-0.1, -0.05) is 12.1 Å². The SMILES string of the molecule is Cc1cnc(N2CCN(c3ccccc3F)CC2)cc1N. The maximum atomic E-state index is 13.8. The van der Waals surface area contributed by atoms with Crippen LogP contribution in [0.3, 0.4) is 0 Å². The quantitative estimate of drug-likeness (QED) is 0.921. The first-order valence-corrected chi connectivity index (χ1v) is 7.11. The second-order valence-corrected chi connectivity index (χ2v) is 5.32. The molecule has 0 saturated carbocycles. The molecule has 3 rings (SSSR count). The van der Waals surface area contributed by atoms with E-state index in [0.29, 0.717) is 5.69 Å². The third-order valence-corrected chi connectivity index (χ3v) is 3.93. The number of halogens is 1. The molecule has 110 valence electrons. The van der Waals surface area contributed by atoms with Crippen molar-refractivity contribution in [2.24, 2.45) is 0 Å². The van der Waals surface area contributed by atoms with Crippen LogP contribution in [0.15, 0.2) is 36.5 Å². The summed E-state index contributed by atoms with van der Waals surface area (Å²) >= 11 is 0. The second kappa shape index (κ2) is 5.60. The summed E-state index contributed by atoms with van der Waals surface area (Å²) in [7, 11) is 0. The number of nitrogen functional groups attached to an aromatic ring is 1. The van der Waals surface area contributed by atoms with Gasteiger partial charge in [0.15, 0.2) is 0 Å². The first kappa shape index (κ1) is 13.7. The van der Waals surface area contributed by atoms with Gasteiger partial charge in [0.25, 0.3) is 0 Å².